The Hall–Kier alpha value is -0.570. The summed E-state index contributed by atoms with van der Waals surface area (Å²) in [6, 6.07) is 0.423. The maximum atomic E-state index is 12.4. The van der Waals surface area contributed by atoms with Crippen LogP contribution in [0.5, 0.6) is 0 Å². The number of carbonyl (C=O) groups excluding carboxylic acids is 1. The van der Waals surface area contributed by atoms with Gasteiger partial charge in [0.15, 0.2) is 0 Å². The quantitative estimate of drug-likeness (QED) is 0.815. The molecule has 0 aromatic carbocycles. The molecule has 0 aromatic heterocycles. The number of nitrogens with one attached hydrogen (secondary N) is 1. The van der Waals surface area contributed by atoms with E-state index in [1.807, 2.05) is 0 Å². The zero-order valence-corrected chi connectivity index (χ0v) is 13.9. The maximum Gasteiger partial charge on any atom is 0.220 e. The van der Waals surface area contributed by atoms with Gasteiger partial charge in [-0.3, -0.25) is 4.79 Å². The number of rotatable bonds is 5. The molecule has 0 aromatic rings. The number of hydrogen-bond donors (Lipinski definition) is 2. The molecule has 3 heteroatoms. The molecule has 3 N–H and O–H groups in total. The molecule has 2 aliphatic carbocycles. The first-order valence-corrected chi connectivity index (χ1v) is 9.09. The summed E-state index contributed by atoms with van der Waals surface area (Å²) in [5, 5.41) is 3.36. The largest absolute Gasteiger partial charge is 0.353 e. The van der Waals surface area contributed by atoms with E-state index in [-0.39, 0.29) is 0 Å². The second-order valence-corrected chi connectivity index (χ2v) is 7.69. The van der Waals surface area contributed by atoms with Gasteiger partial charge in [-0.15, -0.1) is 0 Å². The van der Waals surface area contributed by atoms with Crippen molar-refractivity contribution in [1.82, 2.24) is 5.32 Å². The third-order valence-electron chi connectivity index (χ3n) is 5.80. The van der Waals surface area contributed by atoms with Crippen LogP contribution in [0.4, 0.5) is 0 Å². The minimum atomic E-state index is 0.295. The lowest BCUT2D eigenvalue weighted by atomic mass is 9.77. The highest BCUT2D eigenvalue weighted by atomic mass is 16.1. The Bertz CT molecular complexity index is 321. The Labute approximate surface area is 130 Å². The van der Waals surface area contributed by atoms with Crippen LogP contribution in [-0.2, 0) is 4.79 Å². The third kappa shape index (κ3) is 4.98. The molecule has 2 fully saturated rings. The van der Waals surface area contributed by atoms with Crippen molar-refractivity contribution >= 4 is 5.91 Å². The number of carbonyl (C=O) groups is 1. The van der Waals surface area contributed by atoms with E-state index < -0.39 is 0 Å². The van der Waals surface area contributed by atoms with Gasteiger partial charge >= 0.3 is 0 Å². The van der Waals surface area contributed by atoms with Crippen LogP contribution in [0.2, 0.25) is 0 Å². The second kappa shape index (κ2) is 8.17. The Kier molecular flexibility index (Phi) is 6.53. The molecule has 0 heterocycles. The highest BCUT2D eigenvalue weighted by Crippen LogP contribution is 2.32. The smallest absolute Gasteiger partial charge is 0.220 e. The van der Waals surface area contributed by atoms with Crippen molar-refractivity contribution in [2.24, 2.45) is 29.4 Å². The molecule has 0 bridgehead atoms. The SMILES string of the molecule is CC(C)C1CCCCC1NC(=O)CC1CCC(CN)CC1. The predicted octanol–water partition coefficient (Wildman–Crippen LogP) is 3.47. The van der Waals surface area contributed by atoms with E-state index in [2.05, 4.69) is 19.2 Å². The zero-order chi connectivity index (χ0) is 15.2. The van der Waals surface area contributed by atoms with Gasteiger partial charge in [0.25, 0.3) is 0 Å². The van der Waals surface area contributed by atoms with Crippen LogP contribution in [-0.4, -0.2) is 18.5 Å². The molecule has 0 aliphatic heterocycles. The number of amides is 1. The monoisotopic (exact) mass is 294 g/mol. The highest BCUT2D eigenvalue weighted by Gasteiger charge is 2.29. The Balaban J connectivity index is 1.76. The van der Waals surface area contributed by atoms with Crippen molar-refractivity contribution in [3.05, 3.63) is 0 Å². The lowest BCUT2D eigenvalue weighted by Gasteiger charge is -2.35. The number of nitrogens with two attached hydrogens (primary N) is 1. The van der Waals surface area contributed by atoms with Crippen molar-refractivity contribution < 1.29 is 4.79 Å². The molecule has 0 radical (unpaired) electrons. The Morgan fingerprint density at radius 2 is 1.67 bits per heavy atom. The van der Waals surface area contributed by atoms with E-state index in [0.29, 0.717) is 35.6 Å². The van der Waals surface area contributed by atoms with Crippen molar-refractivity contribution in [3.63, 3.8) is 0 Å². The fourth-order valence-electron chi connectivity index (χ4n) is 4.34. The summed E-state index contributed by atoms with van der Waals surface area (Å²) in [6.45, 7) is 5.41. The van der Waals surface area contributed by atoms with Gasteiger partial charge in [-0.05, 0) is 68.7 Å². The molecule has 2 aliphatic rings. The summed E-state index contributed by atoms with van der Waals surface area (Å²) in [6.07, 6.45) is 10.6. The lowest BCUT2D eigenvalue weighted by molar-refractivity contribution is -0.123. The first-order valence-electron chi connectivity index (χ1n) is 9.09. The van der Waals surface area contributed by atoms with Crippen LogP contribution in [0.1, 0.15) is 71.6 Å². The van der Waals surface area contributed by atoms with Crippen LogP contribution in [0, 0.1) is 23.7 Å². The molecule has 0 spiro atoms. The van der Waals surface area contributed by atoms with Gasteiger partial charge in [-0.1, -0.05) is 26.7 Å². The molecule has 3 nitrogen and oxygen atoms in total. The molecular formula is C18H34N2O. The Morgan fingerprint density at radius 1 is 1.05 bits per heavy atom. The molecule has 2 rings (SSSR count). The van der Waals surface area contributed by atoms with E-state index in [9.17, 15) is 4.79 Å². The highest BCUT2D eigenvalue weighted by molar-refractivity contribution is 5.76. The van der Waals surface area contributed by atoms with Crippen molar-refractivity contribution in [3.8, 4) is 0 Å². The van der Waals surface area contributed by atoms with Crippen LogP contribution in [0.25, 0.3) is 0 Å². The fourth-order valence-corrected chi connectivity index (χ4v) is 4.34. The third-order valence-corrected chi connectivity index (χ3v) is 5.80. The van der Waals surface area contributed by atoms with Crippen molar-refractivity contribution in [1.29, 1.82) is 0 Å². The molecule has 122 valence electrons. The summed E-state index contributed by atoms with van der Waals surface area (Å²) in [7, 11) is 0. The van der Waals surface area contributed by atoms with Crippen molar-refractivity contribution in [2.45, 2.75) is 77.7 Å². The zero-order valence-electron chi connectivity index (χ0n) is 13.9. The van der Waals surface area contributed by atoms with E-state index >= 15 is 0 Å². The van der Waals surface area contributed by atoms with Crippen LogP contribution < -0.4 is 11.1 Å². The molecule has 1 amide bonds. The minimum Gasteiger partial charge on any atom is -0.353 e. The maximum absolute atomic E-state index is 12.4. The minimum absolute atomic E-state index is 0.295. The van der Waals surface area contributed by atoms with E-state index in [1.54, 1.807) is 0 Å². The van der Waals surface area contributed by atoms with Gasteiger partial charge in [-0.25, -0.2) is 0 Å². The molecular weight excluding hydrogens is 260 g/mol. The van der Waals surface area contributed by atoms with Gasteiger partial charge in [-0.2, -0.15) is 0 Å². The second-order valence-electron chi connectivity index (χ2n) is 7.69. The van der Waals surface area contributed by atoms with Gasteiger partial charge in [0.1, 0.15) is 0 Å². The average Bonchev–Trinajstić information content (AvgIpc) is 2.48. The first kappa shape index (κ1) is 16.8. The molecule has 21 heavy (non-hydrogen) atoms. The van der Waals surface area contributed by atoms with Gasteiger partial charge in [0, 0.05) is 12.5 Å². The van der Waals surface area contributed by atoms with Crippen LogP contribution >= 0.6 is 0 Å². The first-order chi connectivity index (χ1) is 10.1. The summed E-state index contributed by atoms with van der Waals surface area (Å²) in [4.78, 5) is 12.4. The Morgan fingerprint density at radius 3 is 2.29 bits per heavy atom. The average molecular weight is 294 g/mol. The lowest BCUT2D eigenvalue weighted by Crippen LogP contribution is -2.44. The predicted molar refractivity (Wildman–Crippen MR) is 87.8 cm³/mol. The fraction of sp³-hybridized carbons (Fsp3) is 0.944. The van der Waals surface area contributed by atoms with E-state index in [4.69, 9.17) is 5.73 Å². The van der Waals surface area contributed by atoms with Gasteiger partial charge in [0.05, 0.1) is 0 Å². The molecule has 2 unspecified atom stereocenters. The summed E-state index contributed by atoms with van der Waals surface area (Å²) >= 11 is 0. The van der Waals surface area contributed by atoms with Crippen LogP contribution in [0.3, 0.4) is 0 Å². The van der Waals surface area contributed by atoms with Crippen molar-refractivity contribution in [2.75, 3.05) is 6.54 Å². The molecule has 2 atom stereocenters. The van der Waals surface area contributed by atoms with Gasteiger partial charge < -0.3 is 11.1 Å². The summed E-state index contributed by atoms with van der Waals surface area (Å²) in [5.41, 5.74) is 5.74. The van der Waals surface area contributed by atoms with Gasteiger partial charge in [0.2, 0.25) is 5.91 Å². The standard InChI is InChI=1S/C18H34N2O/c1-13(2)16-5-3-4-6-17(16)20-18(21)11-14-7-9-15(12-19)10-8-14/h13-17H,3-12,19H2,1-2H3,(H,20,21). The van der Waals surface area contributed by atoms with Crippen LogP contribution in [0.15, 0.2) is 0 Å². The number of hydrogen-bond acceptors (Lipinski definition) is 2. The summed E-state index contributed by atoms with van der Waals surface area (Å²) < 4.78 is 0. The van der Waals surface area contributed by atoms with E-state index in [1.165, 1.54) is 51.4 Å². The van der Waals surface area contributed by atoms with E-state index in [0.717, 1.165) is 13.0 Å². The normalized spacial score (nSPS) is 33.9. The summed E-state index contributed by atoms with van der Waals surface area (Å²) in [5.74, 6) is 2.94. The molecule has 2 saturated carbocycles. The molecule has 0 saturated heterocycles. The topological polar surface area (TPSA) is 55.1 Å².